The number of hydrogen-bond donors (Lipinski definition) is 1. The zero-order valence-corrected chi connectivity index (χ0v) is 18.8. The van der Waals surface area contributed by atoms with Crippen LogP contribution in [0.15, 0.2) is 12.2 Å². The molecular formula is C24H48NO+. The van der Waals surface area contributed by atoms with E-state index in [9.17, 15) is 0 Å². The zero-order valence-electron chi connectivity index (χ0n) is 18.8. The van der Waals surface area contributed by atoms with Gasteiger partial charge in [-0.2, -0.15) is 0 Å². The molecule has 2 nitrogen and oxygen atoms in total. The minimum atomic E-state index is 0.259. The summed E-state index contributed by atoms with van der Waals surface area (Å²) in [7, 11) is 0. The molecule has 1 N–H and O–H groups in total. The molecule has 0 bridgehead atoms. The van der Waals surface area contributed by atoms with Gasteiger partial charge in [-0.05, 0) is 36.5 Å². The lowest BCUT2D eigenvalue weighted by Gasteiger charge is -2.28. The Labute approximate surface area is 164 Å². The SMILES string of the molecule is C=[N+](CCCO)CC(C)CC(CC)CC(C)(C)C=CC(C)CCCCC. The maximum absolute atomic E-state index is 8.95. The first-order valence-corrected chi connectivity index (χ1v) is 11.1. The first-order valence-electron chi connectivity index (χ1n) is 11.1. The predicted octanol–water partition coefficient (Wildman–Crippen LogP) is 6.32. The summed E-state index contributed by atoms with van der Waals surface area (Å²) in [4.78, 5) is 0. The fraction of sp³-hybridized carbons (Fsp3) is 0.875. The van der Waals surface area contributed by atoms with E-state index >= 15 is 0 Å². The van der Waals surface area contributed by atoms with Crippen LogP contribution in [0.3, 0.4) is 0 Å². The third kappa shape index (κ3) is 13.6. The van der Waals surface area contributed by atoms with Crippen LogP contribution in [0.2, 0.25) is 0 Å². The molecule has 0 radical (unpaired) electrons. The molecule has 0 saturated heterocycles. The number of aliphatic hydroxyl groups is 1. The van der Waals surface area contributed by atoms with E-state index in [1.165, 1.54) is 44.9 Å². The highest BCUT2D eigenvalue weighted by Crippen LogP contribution is 2.33. The van der Waals surface area contributed by atoms with E-state index in [4.69, 9.17) is 5.11 Å². The van der Waals surface area contributed by atoms with Crippen molar-refractivity contribution in [1.29, 1.82) is 0 Å². The summed E-state index contributed by atoms with van der Waals surface area (Å²) >= 11 is 0. The summed E-state index contributed by atoms with van der Waals surface area (Å²) in [5.41, 5.74) is 0.278. The van der Waals surface area contributed by atoms with E-state index in [1.807, 2.05) is 0 Å². The van der Waals surface area contributed by atoms with Crippen molar-refractivity contribution >= 4 is 6.72 Å². The van der Waals surface area contributed by atoms with E-state index in [0.29, 0.717) is 11.8 Å². The summed E-state index contributed by atoms with van der Waals surface area (Å²) in [5.74, 6) is 2.13. The van der Waals surface area contributed by atoms with Crippen LogP contribution in [0.4, 0.5) is 0 Å². The molecule has 0 spiro atoms. The van der Waals surface area contributed by atoms with Crippen molar-refractivity contribution in [2.45, 2.75) is 92.9 Å². The van der Waals surface area contributed by atoms with E-state index < -0.39 is 0 Å². The first-order chi connectivity index (χ1) is 12.2. The smallest absolute Gasteiger partial charge is 0.144 e. The lowest BCUT2D eigenvalue weighted by molar-refractivity contribution is -0.527. The molecule has 0 heterocycles. The van der Waals surface area contributed by atoms with Crippen LogP contribution in [-0.2, 0) is 0 Å². The van der Waals surface area contributed by atoms with Crippen LogP contribution < -0.4 is 0 Å². The van der Waals surface area contributed by atoms with Gasteiger partial charge in [0.25, 0.3) is 0 Å². The summed E-state index contributed by atoms with van der Waals surface area (Å²) < 4.78 is 2.12. The molecule has 0 saturated carbocycles. The minimum Gasteiger partial charge on any atom is -0.396 e. The third-order valence-electron chi connectivity index (χ3n) is 5.47. The Balaban J connectivity index is 4.41. The molecule has 0 fully saturated rings. The Morgan fingerprint density at radius 1 is 1.12 bits per heavy atom. The highest BCUT2D eigenvalue weighted by Gasteiger charge is 2.23. The van der Waals surface area contributed by atoms with Gasteiger partial charge in [0.15, 0.2) is 0 Å². The van der Waals surface area contributed by atoms with Gasteiger partial charge in [-0.15, -0.1) is 0 Å². The van der Waals surface area contributed by atoms with E-state index in [1.54, 1.807) is 0 Å². The second-order valence-corrected chi connectivity index (χ2v) is 9.29. The molecule has 26 heavy (non-hydrogen) atoms. The Kier molecular flexibility index (Phi) is 14.1. The molecule has 3 atom stereocenters. The number of hydrogen-bond acceptors (Lipinski definition) is 1. The number of rotatable bonds is 16. The second kappa shape index (κ2) is 14.4. The minimum absolute atomic E-state index is 0.259. The normalized spacial score (nSPS) is 16.0. The molecule has 3 unspecified atom stereocenters. The van der Waals surface area contributed by atoms with Gasteiger partial charge in [0.1, 0.15) is 19.8 Å². The van der Waals surface area contributed by atoms with Crippen molar-refractivity contribution in [3.63, 3.8) is 0 Å². The van der Waals surface area contributed by atoms with Crippen molar-refractivity contribution in [3.05, 3.63) is 12.2 Å². The molecule has 0 aromatic heterocycles. The molecule has 154 valence electrons. The summed E-state index contributed by atoms with van der Waals surface area (Å²) in [5, 5.41) is 8.95. The Morgan fingerprint density at radius 3 is 2.38 bits per heavy atom. The van der Waals surface area contributed by atoms with Crippen LogP contribution in [0, 0.1) is 23.2 Å². The van der Waals surface area contributed by atoms with Crippen LogP contribution in [0.25, 0.3) is 0 Å². The van der Waals surface area contributed by atoms with E-state index in [2.05, 4.69) is 65.0 Å². The van der Waals surface area contributed by atoms with Gasteiger partial charge in [-0.3, -0.25) is 0 Å². The Bertz CT molecular complexity index is 386. The summed E-state index contributed by atoms with van der Waals surface area (Å²) in [6, 6.07) is 0. The van der Waals surface area contributed by atoms with Crippen LogP contribution >= 0.6 is 0 Å². The van der Waals surface area contributed by atoms with Crippen molar-refractivity contribution < 1.29 is 9.68 Å². The van der Waals surface area contributed by atoms with Gasteiger partial charge in [0.05, 0.1) is 0 Å². The monoisotopic (exact) mass is 366 g/mol. The highest BCUT2D eigenvalue weighted by molar-refractivity contribution is 5.14. The second-order valence-electron chi connectivity index (χ2n) is 9.29. The van der Waals surface area contributed by atoms with Crippen molar-refractivity contribution in [2.24, 2.45) is 23.2 Å². The van der Waals surface area contributed by atoms with Crippen molar-refractivity contribution in [2.75, 3.05) is 19.7 Å². The number of aliphatic hydroxyl groups excluding tert-OH is 1. The Hall–Kier alpha value is -0.630. The summed E-state index contributed by atoms with van der Waals surface area (Å²) in [6.07, 6.45) is 14.9. The van der Waals surface area contributed by atoms with Gasteiger partial charge in [0, 0.05) is 18.9 Å². The van der Waals surface area contributed by atoms with Crippen molar-refractivity contribution in [3.8, 4) is 0 Å². The molecule has 0 rings (SSSR count). The van der Waals surface area contributed by atoms with Gasteiger partial charge in [-0.1, -0.05) is 79.4 Å². The quantitative estimate of drug-likeness (QED) is 0.147. The van der Waals surface area contributed by atoms with E-state index in [-0.39, 0.29) is 12.0 Å². The zero-order chi connectivity index (χ0) is 20.0. The van der Waals surface area contributed by atoms with Crippen LogP contribution in [0.5, 0.6) is 0 Å². The topological polar surface area (TPSA) is 23.2 Å². The van der Waals surface area contributed by atoms with Crippen LogP contribution in [-0.4, -0.2) is 36.1 Å². The molecule has 0 aromatic carbocycles. The van der Waals surface area contributed by atoms with Gasteiger partial charge in [0.2, 0.25) is 0 Å². The maximum atomic E-state index is 8.95. The highest BCUT2D eigenvalue weighted by atomic mass is 16.3. The molecular weight excluding hydrogens is 318 g/mol. The molecule has 0 aliphatic carbocycles. The summed E-state index contributed by atoms with van der Waals surface area (Å²) in [6.45, 7) is 20.4. The maximum Gasteiger partial charge on any atom is 0.144 e. The predicted molar refractivity (Wildman–Crippen MR) is 117 cm³/mol. The lowest BCUT2D eigenvalue weighted by Crippen LogP contribution is -2.23. The first kappa shape index (κ1) is 25.4. The number of unbranched alkanes of at least 4 members (excludes halogenated alkanes) is 2. The molecule has 0 aliphatic rings. The van der Waals surface area contributed by atoms with Gasteiger partial charge < -0.3 is 5.11 Å². The number of allylic oxidation sites excluding steroid dienone is 2. The largest absolute Gasteiger partial charge is 0.396 e. The average molecular weight is 367 g/mol. The standard InChI is InChI=1S/C24H48NO/c1-8-10-11-13-21(3)14-15-24(5,6)19-23(9-2)18-22(4)20-25(7)16-12-17-26/h14-15,21-23,26H,7-13,16-20H2,1-6H3/q+1. The van der Waals surface area contributed by atoms with Crippen molar-refractivity contribution in [1.82, 2.24) is 0 Å². The van der Waals surface area contributed by atoms with E-state index in [0.717, 1.165) is 25.4 Å². The average Bonchev–Trinajstić information content (AvgIpc) is 2.57. The fourth-order valence-corrected chi connectivity index (χ4v) is 3.91. The Morgan fingerprint density at radius 2 is 1.81 bits per heavy atom. The van der Waals surface area contributed by atoms with Crippen LogP contribution in [0.1, 0.15) is 92.9 Å². The molecule has 0 amide bonds. The third-order valence-corrected chi connectivity index (χ3v) is 5.47. The fourth-order valence-electron chi connectivity index (χ4n) is 3.91. The molecule has 2 heteroatoms. The molecule has 0 aromatic rings. The van der Waals surface area contributed by atoms with Gasteiger partial charge in [-0.25, -0.2) is 4.58 Å². The lowest BCUT2D eigenvalue weighted by atomic mass is 9.77. The molecule has 0 aliphatic heterocycles. The van der Waals surface area contributed by atoms with Gasteiger partial charge >= 0.3 is 0 Å². The number of nitrogens with zero attached hydrogens (tertiary/aromatic N) is 1.